The number of aromatic nitrogens is 2. The first-order valence-electron chi connectivity index (χ1n) is 7.51. The molecule has 1 heterocycles. The molecule has 1 N–H and O–H groups in total. The van der Waals surface area contributed by atoms with Gasteiger partial charge >= 0.3 is 0 Å². The van der Waals surface area contributed by atoms with Crippen LogP contribution in [0.1, 0.15) is 31.9 Å². The van der Waals surface area contributed by atoms with Crippen LogP contribution in [-0.2, 0) is 14.6 Å². The van der Waals surface area contributed by atoms with Crippen molar-refractivity contribution in [2.24, 2.45) is 0 Å². The zero-order valence-electron chi connectivity index (χ0n) is 13.3. The van der Waals surface area contributed by atoms with E-state index >= 15 is 0 Å². The molecule has 0 radical (unpaired) electrons. The molecule has 0 saturated heterocycles. The van der Waals surface area contributed by atoms with Crippen LogP contribution in [0.15, 0.2) is 42.7 Å². The minimum atomic E-state index is -3.33. The van der Waals surface area contributed by atoms with Gasteiger partial charge in [0.2, 0.25) is 5.91 Å². The Labute approximate surface area is 136 Å². The summed E-state index contributed by atoms with van der Waals surface area (Å²) >= 11 is 0. The van der Waals surface area contributed by atoms with Crippen molar-refractivity contribution < 1.29 is 13.2 Å². The SMILES string of the molecule is CCCS(=O)(=O)CC(=O)NC(C)c1cccc(-n2cccn2)c1. The van der Waals surface area contributed by atoms with Crippen molar-refractivity contribution in [3.8, 4) is 5.69 Å². The molecule has 124 valence electrons. The first kappa shape index (κ1) is 17.2. The van der Waals surface area contributed by atoms with E-state index in [0.29, 0.717) is 6.42 Å². The van der Waals surface area contributed by atoms with Gasteiger partial charge in [0.25, 0.3) is 0 Å². The first-order chi connectivity index (χ1) is 10.9. The Hall–Kier alpha value is -2.15. The van der Waals surface area contributed by atoms with Gasteiger partial charge in [-0.2, -0.15) is 5.10 Å². The summed E-state index contributed by atoms with van der Waals surface area (Å²) in [5, 5.41) is 6.90. The number of amides is 1. The van der Waals surface area contributed by atoms with Gasteiger partial charge < -0.3 is 5.32 Å². The van der Waals surface area contributed by atoms with Gasteiger partial charge in [-0.3, -0.25) is 4.79 Å². The number of carbonyl (C=O) groups excluding carboxylic acids is 1. The van der Waals surface area contributed by atoms with Gasteiger partial charge in [0.05, 0.1) is 17.5 Å². The second-order valence-electron chi connectivity index (χ2n) is 5.43. The molecule has 23 heavy (non-hydrogen) atoms. The number of benzene rings is 1. The van der Waals surface area contributed by atoms with Crippen molar-refractivity contribution >= 4 is 15.7 Å². The van der Waals surface area contributed by atoms with Crippen LogP contribution in [0.25, 0.3) is 5.69 Å². The highest BCUT2D eigenvalue weighted by Gasteiger charge is 2.18. The Morgan fingerprint density at radius 3 is 2.78 bits per heavy atom. The molecule has 0 fully saturated rings. The lowest BCUT2D eigenvalue weighted by molar-refractivity contribution is -0.119. The molecule has 0 aliphatic rings. The molecule has 0 bridgehead atoms. The molecule has 1 amide bonds. The molecule has 0 aliphatic carbocycles. The average Bonchev–Trinajstić information content (AvgIpc) is 3.00. The summed E-state index contributed by atoms with van der Waals surface area (Å²) in [4.78, 5) is 11.9. The molecular weight excluding hydrogens is 314 g/mol. The summed E-state index contributed by atoms with van der Waals surface area (Å²) in [7, 11) is -3.33. The van der Waals surface area contributed by atoms with E-state index in [9.17, 15) is 13.2 Å². The number of hydrogen-bond acceptors (Lipinski definition) is 4. The second kappa shape index (κ2) is 7.41. The molecule has 0 aliphatic heterocycles. The summed E-state index contributed by atoms with van der Waals surface area (Å²) < 4.78 is 25.1. The molecular formula is C16H21N3O3S. The summed E-state index contributed by atoms with van der Waals surface area (Å²) in [6.07, 6.45) is 4.03. The third-order valence-corrected chi connectivity index (χ3v) is 5.12. The summed E-state index contributed by atoms with van der Waals surface area (Å²) in [5.74, 6) is -0.913. The highest BCUT2D eigenvalue weighted by atomic mass is 32.2. The molecule has 1 atom stereocenters. The fourth-order valence-electron chi connectivity index (χ4n) is 2.31. The zero-order chi connectivity index (χ0) is 16.9. The van der Waals surface area contributed by atoms with E-state index in [4.69, 9.17) is 0 Å². The van der Waals surface area contributed by atoms with E-state index in [1.807, 2.05) is 43.5 Å². The lowest BCUT2D eigenvalue weighted by Crippen LogP contribution is -2.33. The smallest absolute Gasteiger partial charge is 0.235 e. The quantitative estimate of drug-likeness (QED) is 0.837. The first-order valence-corrected chi connectivity index (χ1v) is 9.33. The second-order valence-corrected chi connectivity index (χ2v) is 7.61. The molecule has 1 unspecified atom stereocenters. The van der Waals surface area contributed by atoms with Crippen LogP contribution in [0.4, 0.5) is 0 Å². The largest absolute Gasteiger partial charge is 0.349 e. The van der Waals surface area contributed by atoms with Gasteiger partial charge in [-0.05, 0) is 37.1 Å². The topological polar surface area (TPSA) is 81.1 Å². The normalized spacial score (nSPS) is 12.8. The minimum absolute atomic E-state index is 0.0313. The number of rotatable bonds is 7. The van der Waals surface area contributed by atoms with Crippen LogP contribution in [0.3, 0.4) is 0 Å². The van der Waals surface area contributed by atoms with E-state index in [-0.39, 0.29) is 11.8 Å². The van der Waals surface area contributed by atoms with Crippen molar-refractivity contribution in [1.82, 2.24) is 15.1 Å². The highest BCUT2D eigenvalue weighted by molar-refractivity contribution is 7.92. The van der Waals surface area contributed by atoms with E-state index in [2.05, 4.69) is 10.4 Å². The number of nitrogens with one attached hydrogen (secondary N) is 1. The number of sulfone groups is 1. The molecule has 0 spiro atoms. The standard InChI is InChI=1S/C16H21N3O3S/c1-3-10-23(21,22)12-16(20)18-13(2)14-6-4-7-15(11-14)19-9-5-8-17-19/h4-9,11,13H,3,10,12H2,1-2H3,(H,18,20). The van der Waals surface area contributed by atoms with E-state index in [0.717, 1.165) is 11.3 Å². The van der Waals surface area contributed by atoms with E-state index < -0.39 is 21.5 Å². The predicted molar refractivity (Wildman–Crippen MR) is 89.1 cm³/mol. The highest BCUT2D eigenvalue weighted by Crippen LogP contribution is 2.16. The predicted octanol–water partition coefficient (Wildman–Crippen LogP) is 1.87. The Kier molecular flexibility index (Phi) is 5.54. The Balaban J connectivity index is 2.05. The van der Waals surface area contributed by atoms with Gasteiger partial charge in [-0.25, -0.2) is 13.1 Å². The molecule has 7 heteroatoms. The molecule has 1 aromatic carbocycles. The van der Waals surface area contributed by atoms with Crippen LogP contribution >= 0.6 is 0 Å². The maximum absolute atomic E-state index is 11.9. The molecule has 1 aromatic heterocycles. The van der Waals surface area contributed by atoms with Crippen LogP contribution in [0.2, 0.25) is 0 Å². The van der Waals surface area contributed by atoms with Crippen LogP contribution in [0.5, 0.6) is 0 Å². The summed E-state index contributed by atoms with van der Waals surface area (Å²) in [6.45, 7) is 3.60. The van der Waals surface area contributed by atoms with Crippen LogP contribution < -0.4 is 5.32 Å². The lowest BCUT2D eigenvalue weighted by Gasteiger charge is -2.15. The number of nitrogens with zero attached hydrogens (tertiary/aromatic N) is 2. The monoisotopic (exact) mass is 335 g/mol. The van der Waals surface area contributed by atoms with Gasteiger partial charge in [0.1, 0.15) is 5.75 Å². The van der Waals surface area contributed by atoms with Gasteiger partial charge in [0, 0.05) is 12.4 Å². The van der Waals surface area contributed by atoms with Gasteiger partial charge in [0.15, 0.2) is 9.84 Å². The Bertz CT molecular complexity index is 755. The minimum Gasteiger partial charge on any atom is -0.349 e. The van der Waals surface area contributed by atoms with Crippen molar-refractivity contribution in [2.45, 2.75) is 26.3 Å². The average molecular weight is 335 g/mol. The Morgan fingerprint density at radius 1 is 1.35 bits per heavy atom. The number of carbonyl (C=O) groups is 1. The maximum Gasteiger partial charge on any atom is 0.235 e. The maximum atomic E-state index is 11.9. The van der Waals surface area contributed by atoms with Crippen molar-refractivity contribution in [2.75, 3.05) is 11.5 Å². The van der Waals surface area contributed by atoms with E-state index in [1.54, 1.807) is 17.8 Å². The molecule has 6 nitrogen and oxygen atoms in total. The molecule has 0 saturated carbocycles. The number of hydrogen-bond donors (Lipinski definition) is 1. The van der Waals surface area contributed by atoms with Crippen molar-refractivity contribution in [3.05, 3.63) is 48.3 Å². The Morgan fingerprint density at radius 2 is 2.13 bits per heavy atom. The lowest BCUT2D eigenvalue weighted by atomic mass is 10.1. The van der Waals surface area contributed by atoms with Crippen LogP contribution in [0, 0.1) is 0 Å². The third kappa shape index (κ3) is 4.92. The summed E-state index contributed by atoms with van der Waals surface area (Å²) in [5.41, 5.74) is 1.77. The molecule has 2 rings (SSSR count). The molecule has 2 aromatic rings. The summed E-state index contributed by atoms with van der Waals surface area (Å²) in [6, 6.07) is 9.14. The van der Waals surface area contributed by atoms with Crippen molar-refractivity contribution in [1.29, 1.82) is 0 Å². The zero-order valence-corrected chi connectivity index (χ0v) is 14.1. The van der Waals surface area contributed by atoms with E-state index in [1.165, 1.54) is 0 Å². The fourth-order valence-corrected chi connectivity index (χ4v) is 3.56. The van der Waals surface area contributed by atoms with Gasteiger partial charge in [-0.1, -0.05) is 19.1 Å². The van der Waals surface area contributed by atoms with Crippen LogP contribution in [-0.4, -0.2) is 35.6 Å². The third-order valence-electron chi connectivity index (χ3n) is 3.38. The van der Waals surface area contributed by atoms with Crippen molar-refractivity contribution in [3.63, 3.8) is 0 Å². The fraction of sp³-hybridized carbons (Fsp3) is 0.375. The van der Waals surface area contributed by atoms with Gasteiger partial charge in [-0.15, -0.1) is 0 Å².